The Morgan fingerprint density at radius 2 is 1.90 bits per heavy atom. The largest absolute Gasteiger partial charge is 0.389 e. The summed E-state index contributed by atoms with van der Waals surface area (Å²) >= 11 is 3.03. The van der Waals surface area contributed by atoms with Crippen molar-refractivity contribution in [1.29, 1.82) is 0 Å². The zero-order valence-electron chi connectivity index (χ0n) is 10.7. The fourth-order valence-corrected chi connectivity index (χ4v) is 3.41. The number of nitrogens with one attached hydrogen (secondary N) is 1. The summed E-state index contributed by atoms with van der Waals surface area (Å²) in [6, 6.07) is 2.36. The van der Waals surface area contributed by atoms with Crippen LogP contribution in [0.2, 0.25) is 0 Å². The zero-order chi connectivity index (χ0) is 16.3. The molecular weight excluding hydrogens is 380 g/mol. The van der Waals surface area contributed by atoms with E-state index in [1.54, 1.807) is 0 Å². The summed E-state index contributed by atoms with van der Waals surface area (Å²) in [6.07, 6.45) is -5.91. The standard InChI is InChI=1S/C11H13BrF4N2O2S/c12-8-4-7(6-17)10(13)9(5-8)21(19,20)18-3-1-2-11(14,15)16/h4-5,18H,1-3,6,17H2. The molecule has 0 radical (unpaired) electrons. The lowest BCUT2D eigenvalue weighted by atomic mass is 10.2. The molecule has 0 saturated carbocycles. The van der Waals surface area contributed by atoms with Gasteiger partial charge in [0.25, 0.3) is 0 Å². The van der Waals surface area contributed by atoms with Crippen molar-refractivity contribution >= 4 is 26.0 Å². The van der Waals surface area contributed by atoms with Crippen molar-refractivity contribution in [2.75, 3.05) is 6.54 Å². The van der Waals surface area contributed by atoms with E-state index >= 15 is 0 Å². The first-order valence-electron chi connectivity index (χ1n) is 5.81. The van der Waals surface area contributed by atoms with E-state index in [1.807, 2.05) is 4.72 Å². The minimum atomic E-state index is -4.36. The molecular formula is C11H13BrF4N2O2S. The molecule has 1 aromatic rings. The van der Waals surface area contributed by atoms with Gasteiger partial charge in [0.1, 0.15) is 10.7 Å². The Hall–Kier alpha value is -0.710. The van der Waals surface area contributed by atoms with E-state index in [0.717, 1.165) is 6.07 Å². The second kappa shape index (κ2) is 7.03. The number of nitrogens with two attached hydrogens (primary N) is 1. The average Bonchev–Trinajstić information content (AvgIpc) is 2.36. The van der Waals surface area contributed by atoms with Gasteiger partial charge >= 0.3 is 6.18 Å². The van der Waals surface area contributed by atoms with E-state index in [4.69, 9.17) is 5.73 Å². The Kier molecular flexibility index (Phi) is 6.14. The molecule has 1 rings (SSSR count). The second-order valence-corrected chi connectivity index (χ2v) is 6.85. The molecule has 0 aliphatic heterocycles. The number of benzene rings is 1. The van der Waals surface area contributed by atoms with Crippen LogP contribution in [0.15, 0.2) is 21.5 Å². The van der Waals surface area contributed by atoms with Gasteiger partial charge in [0.15, 0.2) is 0 Å². The maximum Gasteiger partial charge on any atom is 0.389 e. The van der Waals surface area contributed by atoms with Gasteiger partial charge in [-0.15, -0.1) is 0 Å². The summed E-state index contributed by atoms with van der Waals surface area (Å²) in [4.78, 5) is -0.649. The Morgan fingerprint density at radius 1 is 1.29 bits per heavy atom. The molecule has 4 nitrogen and oxygen atoms in total. The van der Waals surface area contributed by atoms with Crippen molar-refractivity contribution in [3.05, 3.63) is 28.0 Å². The summed E-state index contributed by atoms with van der Waals surface area (Å²) in [5, 5.41) is 0. The van der Waals surface area contributed by atoms with Crippen LogP contribution in [0.3, 0.4) is 0 Å². The van der Waals surface area contributed by atoms with E-state index in [1.165, 1.54) is 6.07 Å². The van der Waals surface area contributed by atoms with Crippen LogP contribution < -0.4 is 10.5 Å². The Bertz CT molecular complexity index is 605. The van der Waals surface area contributed by atoms with Crippen molar-refractivity contribution < 1.29 is 26.0 Å². The van der Waals surface area contributed by atoms with Crippen LogP contribution in [-0.4, -0.2) is 21.1 Å². The van der Waals surface area contributed by atoms with Crippen LogP contribution in [0.1, 0.15) is 18.4 Å². The molecule has 0 aromatic heterocycles. The van der Waals surface area contributed by atoms with Gasteiger partial charge in [-0.1, -0.05) is 15.9 Å². The van der Waals surface area contributed by atoms with Crippen molar-refractivity contribution in [2.24, 2.45) is 5.73 Å². The molecule has 0 spiro atoms. The average molecular weight is 393 g/mol. The maximum absolute atomic E-state index is 13.9. The fraction of sp³-hybridized carbons (Fsp3) is 0.455. The number of rotatable bonds is 6. The van der Waals surface area contributed by atoms with Gasteiger partial charge in [0.05, 0.1) is 0 Å². The predicted molar refractivity (Wildman–Crippen MR) is 72.5 cm³/mol. The molecule has 0 bridgehead atoms. The molecule has 0 saturated heterocycles. The summed E-state index contributed by atoms with van der Waals surface area (Å²) < 4.78 is 75.9. The van der Waals surface area contributed by atoms with Crippen LogP contribution >= 0.6 is 15.9 Å². The van der Waals surface area contributed by atoms with E-state index < -0.39 is 46.3 Å². The fourth-order valence-electron chi connectivity index (χ4n) is 1.54. The first kappa shape index (κ1) is 18.3. The van der Waals surface area contributed by atoms with Gasteiger partial charge in [-0.2, -0.15) is 13.2 Å². The predicted octanol–water partition coefficient (Wildman–Crippen LogP) is 2.67. The van der Waals surface area contributed by atoms with Gasteiger partial charge in [-0.3, -0.25) is 0 Å². The van der Waals surface area contributed by atoms with Crippen molar-refractivity contribution in [3.8, 4) is 0 Å². The number of hydrogen-bond acceptors (Lipinski definition) is 3. The molecule has 0 heterocycles. The highest BCUT2D eigenvalue weighted by Crippen LogP contribution is 2.24. The maximum atomic E-state index is 13.9. The molecule has 3 N–H and O–H groups in total. The number of hydrogen-bond donors (Lipinski definition) is 2. The van der Waals surface area contributed by atoms with Gasteiger partial charge in [0.2, 0.25) is 10.0 Å². The highest BCUT2D eigenvalue weighted by molar-refractivity contribution is 9.10. The van der Waals surface area contributed by atoms with Crippen molar-refractivity contribution in [2.45, 2.75) is 30.5 Å². The molecule has 120 valence electrons. The lowest BCUT2D eigenvalue weighted by Crippen LogP contribution is -2.27. The summed E-state index contributed by atoms with van der Waals surface area (Å²) in [5.41, 5.74) is 5.29. The van der Waals surface area contributed by atoms with E-state index in [2.05, 4.69) is 15.9 Å². The lowest BCUT2D eigenvalue weighted by molar-refractivity contribution is -0.135. The Labute approximate surface area is 127 Å². The lowest BCUT2D eigenvalue weighted by Gasteiger charge is -2.11. The number of sulfonamides is 1. The van der Waals surface area contributed by atoms with Crippen LogP contribution in [0.5, 0.6) is 0 Å². The molecule has 0 atom stereocenters. The highest BCUT2D eigenvalue weighted by Gasteiger charge is 2.27. The first-order valence-corrected chi connectivity index (χ1v) is 8.09. The Morgan fingerprint density at radius 3 is 2.43 bits per heavy atom. The number of alkyl halides is 3. The number of halogens is 5. The first-order chi connectivity index (χ1) is 9.57. The molecule has 0 aliphatic carbocycles. The normalized spacial score (nSPS) is 12.7. The third kappa shape index (κ3) is 5.53. The van der Waals surface area contributed by atoms with Crippen molar-refractivity contribution in [1.82, 2.24) is 4.72 Å². The molecule has 21 heavy (non-hydrogen) atoms. The monoisotopic (exact) mass is 392 g/mol. The highest BCUT2D eigenvalue weighted by atomic mass is 79.9. The van der Waals surface area contributed by atoms with E-state index in [9.17, 15) is 26.0 Å². The Balaban J connectivity index is 2.86. The van der Waals surface area contributed by atoms with Crippen LogP contribution in [0, 0.1) is 5.82 Å². The van der Waals surface area contributed by atoms with Gasteiger partial charge in [0, 0.05) is 29.5 Å². The molecule has 0 fully saturated rings. The smallest absolute Gasteiger partial charge is 0.326 e. The summed E-state index contributed by atoms with van der Waals surface area (Å²) in [5.74, 6) is -1.01. The molecule has 0 aliphatic rings. The zero-order valence-corrected chi connectivity index (χ0v) is 13.1. The molecule has 0 amide bonds. The summed E-state index contributed by atoms with van der Waals surface area (Å²) in [7, 11) is -4.24. The summed E-state index contributed by atoms with van der Waals surface area (Å²) in [6.45, 7) is -0.645. The van der Waals surface area contributed by atoms with Gasteiger partial charge in [-0.05, 0) is 18.6 Å². The van der Waals surface area contributed by atoms with Crippen LogP contribution in [0.25, 0.3) is 0 Å². The molecule has 10 heteroatoms. The van der Waals surface area contributed by atoms with Crippen LogP contribution in [-0.2, 0) is 16.6 Å². The SMILES string of the molecule is NCc1cc(Br)cc(S(=O)(=O)NCCCC(F)(F)F)c1F. The van der Waals surface area contributed by atoms with E-state index in [0.29, 0.717) is 4.47 Å². The van der Waals surface area contributed by atoms with Gasteiger partial charge < -0.3 is 5.73 Å². The minimum Gasteiger partial charge on any atom is -0.326 e. The third-order valence-electron chi connectivity index (χ3n) is 2.52. The molecule has 1 aromatic carbocycles. The van der Waals surface area contributed by atoms with E-state index in [-0.39, 0.29) is 12.1 Å². The quantitative estimate of drug-likeness (QED) is 0.577. The van der Waals surface area contributed by atoms with Crippen molar-refractivity contribution in [3.63, 3.8) is 0 Å². The molecule has 0 unspecified atom stereocenters. The van der Waals surface area contributed by atoms with Gasteiger partial charge in [-0.25, -0.2) is 17.5 Å². The second-order valence-electron chi connectivity index (χ2n) is 4.20. The third-order valence-corrected chi connectivity index (χ3v) is 4.44. The minimum absolute atomic E-state index is 0.0139. The topological polar surface area (TPSA) is 72.2 Å². The van der Waals surface area contributed by atoms with Crippen LogP contribution in [0.4, 0.5) is 17.6 Å².